The molecule has 8 nitrogen and oxygen atoms in total. The van der Waals surface area contributed by atoms with E-state index in [0.717, 1.165) is 16.8 Å². The van der Waals surface area contributed by atoms with E-state index in [-0.39, 0.29) is 6.61 Å². The number of rotatable bonds is 8. The van der Waals surface area contributed by atoms with Crippen LogP contribution in [0.25, 0.3) is 11.3 Å². The van der Waals surface area contributed by atoms with Crippen LogP contribution in [0, 0.1) is 0 Å². The molecule has 0 fully saturated rings. The van der Waals surface area contributed by atoms with Crippen molar-refractivity contribution in [1.82, 2.24) is 15.1 Å². The van der Waals surface area contributed by atoms with Crippen LogP contribution < -0.4 is 10.1 Å². The predicted molar refractivity (Wildman–Crippen MR) is 118 cm³/mol. The Balaban J connectivity index is 1.40. The SMILES string of the molecule is CCOC(=O)Nc1ncccc1-c1cc(Cc2ccc(COc3ccccn3)cc2)no1. The minimum absolute atomic E-state index is 0.272. The summed E-state index contributed by atoms with van der Waals surface area (Å²) in [6.07, 6.45) is 3.32. The summed E-state index contributed by atoms with van der Waals surface area (Å²) >= 11 is 0. The summed E-state index contributed by atoms with van der Waals surface area (Å²) in [6, 6.07) is 19.1. The number of anilines is 1. The van der Waals surface area contributed by atoms with E-state index in [0.29, 0.717) is 36.0 Å². The van der Waals surface area contributed by atoms with Gasteiger partial charge in [-0.15, -0.1) is 0 Å². The fraction of sp³-hybridized carbons (Fsp3) is 0.167. The van der Waals surface area contributed by atoms with Crippen LogP contribution in [-0.4, -0.2) is 27.8 Å². The zero-order valence-corrected chi connectivity index (χ0v) is 17.5. The van der Waals surface area contributed by atoms with Crippen LogP contribution in [0.2, 0.25) is 0 Å². The van der Waals surface area contributed by atoms with E-state index >= 15 is 0 Å². The van der Waals surface area contributed by atoms with Gasteiger partial charge in [0.25, 0.3) is 0 Å². The van der Waals surface area contributed by atoms with Gasteiger partial charge < -0.3 is 14.0 Å². The maximum absolute atomic E-state index is 11.8. The van der Waals surface area contributed by atoms with Gasteiger partial charge in [-0.1, -0.05) is 35.5 Å². The highest BCUT2D eigenvalue weighted by molar-refractivity contribution is 5.88. The lowest BCUT2D eigenvalue weighted by molar-refractivity contribution is 0.168. The van der Waals surface area contributed by atoms with Gasteiger partial charge in [0.15, 0.2) is 5.76 Å². The van der Waals surface area contributed by atoms with Crippen LogP contribution in [0.15, 0.2) is 77.6 Å². The molecule has 3 heterocycles. The molecule has 0 atom stereocenters. The minimum Gasteiger partial charge on any atom is -0.473 e. The Morgan fingerprint density at radius 1 is 1.00 bits per heavy atom. The van der Waals surface area contributed by atoms with Gasteiger partial charge in [-0.2, -0.15) is 0 Å². The summed E-state index contributed by atoms with van der Waals surface area (Å²) in [5.74, 6) is 1.46. The Hall–Kier alpha value is -4.20. The largest absolute Gasteiger partial charge is 0.473 e. The van der Waals surface area contributed by atoms with Gasteiger partial charge in [-0.05, 0) is 36.2 Å². The molecule has 0 saturated carbocycles. The molecule has 0 saturated heterocycles. The van der Waals surface area contributed by atoms with Crippen molar-refractivity contribution in [1.29, 1.82) is 0 Å². The maximum atomic E-state index is 11.8. The van der Waals surface area contributed by atoms with Crippen molar-refractivity contribution in [3.05, 3.63) is 89.9 Å². The molecule has 4 rings (SSSR count). The monoisotopic (exact) mass is 430 g/mol. The van der Waals surface area contributed by atoms with E-state index in [4.69, 9.17) is 14.0 Å². The molecule has 1 N–H and O–H groups in total. The smallest absolute Gasteiger partial charge is 0.412 e. The van der Waals surface area contributed by atoms with Gasteiger partial charge in [-0.3, -0.25) is 5.32 Å². The summed E-state index contributed by atoms with van der Waals surface area (Å²) in [6.45, 7) is 2.46. The van der Waals surface area contributed by atoms with Crippen molar-refractivity contribution in [2.75, 3.05) is 11.9 Å². The normalized spacial score (nSPS) is 10.5. The molecule has 8 heteroatoms. The summed E-state index contributed by atoms with van der Waals surface area (Å²) < 4.78 is 16.1. The average molecular weight is 430 g/mol. The lowest BCUT2D eigenvalue weighted by Crippen LogP contribution is -2.14. The van der Waals surface area contributed by atoms with Gasteiger partial charge in [0, 0.05) is 30.9 Å². The highest BCUT2D eigenvalue weighted by atomic mass is 16.5. The first kappa shape index (κ1) is 21.0. The van der Waals surface area contributed by atoms with Gasteiger partial charge in [0.1, 0.15) is 12.4 Å². The number of nitrogens with one attached hydrogen (secondary N) is 1. The second-order valence-corrected chi connectivity index (χ2v) is 6.88. The zero-order valence-electron chi connectivity index (χ0n) is 17.5. The molecule has 0 aliphatic rings. The summed E-state index contributed by atoms with van der Waals surface area (Å²) in [7, 11) is 0. The second-order valence-electron chi connectivity index (χ2n) is 6.88. The van der Waals surface area contributed by atoms with E-state index in [1.807, 2.05) is 48.5 Å². The Kier molecular flexibility index (Phi) is 6.72. The first-order valence-corrected chi connectivity index (χ1v) is 10.2. The molecular weight excluding hydrogens is 408 g/mol. The maximum Gasteiger partial charge on any atom is 0.412 e. The Morgan fingerprint density at radius 3 is 2.59 bits per heavy atom. The number of carbonyl (C=O) groups excluding carboxylic acids is 1. The number of amides is 1. The van der Waals surface area contributed by atoms with Crippen molar-refractivity contribution in [2.24, 2.45) is 0 Å². The van der Waals surface area contributed by atoms with Crippen molar-refractivity contribution in [2.45, 2.75) is 20.0 Å². The van der Waals surface area contributed by atoms with E-state index in [2.05, 4.69) is 20.4 Å². The first-order chi connectivity index (χ1) is 15.7. The molecule has 3 aromatic heterocycles. The van der Waals surface area contributed by atoms with Crippen molar-refractivity contribution >= 4 is 11.9 Å². The quantitative estimate of drug-likeness (QED) is 0.426. The van der Waals surface area contributed by atoms with Crippen molar-refractivity contribution < 1.29 is 18.8 Å². The number of pyridine rings is 2. The van der Waals surface area contributed by atoms with Crippen molar-refractivity contribution in [3.63, 3.8) is 0 Å². The van der Waals surface area contributed by atoms with Crippen molar-refractivity contribution in [3.8, 4) is 17.2 Å². The lowest BCUT2D eigenvalue weighted by Gasteiger charge is -2.07. The zero-order chi connectivity index (χ0) is 22.2. The van der Waals surface area contributed by atoms with Gasteiger partial charge in [0.2, 0.25) is 5.88 Å². The van der Waals surface area contributed by atoms with E-state index in [9.17, 15) is 4.79 Å². The molecule has 4 aromatic rings. The number of benzene rings is 1. The number of carbonyl (C=O) groups is 1. The third-order valence-corrected chi connectivity index (χ3v) is 4.56. The van der Waals surface area contributed by atoms with Gasteiger partial charge in [-0.25, -0.2) is 14.8 Å². The summed E-state index contributed by atoms with van der Waals surface area (Å²) in [5.41, 5.74) is 3.53. The van der Waals surface area contributed by atoms with E-state index in [1.54, 1.807) is 31.5 Å². The van der Waals surface area contributed by atoms with Crippen LogP contribution in [0.3, 0.4) is 0 Å². The third kappa shape index (κ3) is 5.48. The fourth-order valence-electron chi connectivity index (χ4n) is 3.04. The molecule has 0 aliphatic carbocycles. The van der Waals surface area contributed by atoms with Crippen LogP contribution in [0.5, 0.6) is 5.88 Å². The summed E-state index contributed by atoms with van der Waals surface area (Å²) in [5, 5.41) is 6.79. The molecule has 1 aromatic carbocycles. The fourth-order valence-corrected chi connectivity index (χ4v) is 3.04. The number of ether oxygens (including phenoxy) is 2. The van der Waals surface area contributed by atoms with Crippen LogP contribution in [0.1, 0.15) is 23.7 Å². The van der Waals surface area contributed by atoms with Gasteiger partial charge in [0.05, 0.1) is 17.9 Å². The molecule has 0 spiro atoms. The first-order valence-electron chi connectivity index (χ1n) is 10.2. The molecule has 162 valence electrons. The topological polar surface area (TPSA) is 99.4 Å². The Morgan fingerprint density at radius 2 is 1.81 bits per heavy atom. The molecule has 0 aliphatic heterocycles. The van der Waals surface area contributed by atoms with E-state index < -0.39 is 6.09 Å². The molecular formula is C24H22N4O4. The van der Waals surface area contributed by atoms with Gasteiger partial charge >= 0.3 is 6.09 Å². The second kappa shape index (κ2) is 10.2. The molecule has 0 bridgehead atoms. The minimum atomic E-state index is -0.570. The predicted octanol–water partition coefficient (Wildman–Crippen LogP) is 4.87. The molecule has 0 unspecified atom stereocenters. The lowest BCUT2D eigenvalue weighted by atomic mass is 10.1. The summed E-state index contributed by atoms with van der Waals surface area (Å²) in [4.78, 5) is 20.1. The number of nitrogens with zero attached hydrogens (tertiary/aromatic N) is 3. The number of aromatic nitrogens is 3. The number of hydrogen-bond acceptors (Lipinski definition) is 7. The Bertz CT molecular complexity index is 1160. The van der Waals surface area contributed by atoms with E-state index in [1.165, 1.54) is 0 Å². The third-order valence-electron chi connectivity index (χ3n) is 4.56. The molecule has 0 radical (unpaired) electrons. The number of hydrogen-bond donors (Lipinski definition) is 1. The van der Waals surface area contributed by atoms with Crippen LogP contribution in [0.4, 0.5) is 10.6 Å². The standard InChI is InChI=1S/C24H22N4O4/c1-2-30-24(29)27-23-20(6-5-13-26-23)21-15-19(28-32-21)14-17-8-10-18(11-9-17)16-31-22-7-3-4-12-25-22/h3-13,15H,2,14,16H2,1H3,(H,26,27,29). The average Bonchev–Trinajstić information content (AvgIpc) is 3.28. The molecule has 1 amide bonds. The highest BCUT2D eigenvalue weighted by Crippen LogP contribution is 2.27. The van der Waals surface area contributed by atoms with Crippen LogP contribution in [-0.2, 0) is 17.8 Å². The molecule has 32 heavy (non-hydrogen) atoms. The highest BCUT2D eigenvalue weighted by Gasteiger charge is 2.15. The Labute approximate surface area is 185 Å². The van der Waals surface area contributed by atoms with Crippen LogP contribution >= 0.6 is 0 Å².